The summed E-state index contributed by atoms with van der Waals surface area (Å²) in [5, 5.41) is 10.8. The van der Waals surface area contributed by atoms with Crippen molar-refractivity contribution in [1.29, 1.82) is 0 Å². The maximum Gasteiger partial charge on any atom is 0.268 e. The van der Waals surface area contributed by atoms with Gasteiger partial charge in [0, 0.05) is 51.5 Å². The Bertz CT molecular complexity index is 1020. The van der Waals surface area contributed by atoms with Gasteiger partial charge in [0.05, 0.1) is 23.0 Å². The Morgan fingerprint density at radius 1 is 1.11 bits per heavy atom. The Kier molecular flexibility index (Phi) is 8.68. The van der Waals surface area contributed by atoms with E-state index in [-0.39, 0.29) is 23.2 Å². The van der Waals surface area contributed by atoms with Gasteiger partial charge in [0.1, 0.15) is 5.82 Å². The van der Waals surface area contributed by atoms with Crippen LogP contribution in [0.4, 0.5) is 26.2 Å². The first-order valence-corrected chi connectivity index (χ1v) is 12.7. The minimum atomic E-state index is -2.70. The molecule has 198 valence electrons. The zero-order chi connectivity index (χ0) is 25.7. The van der Waals surface area contributed by atoms with Crippen molar-refractivity contribution in [2.24, 2.45) is 0 Å². The Morgan fingerprint density at radius 2 is 1.86 bits per heavy atom. The van der Waals surface area contributed by atoms with Crippen molar-refractivity contribution < 1.29 is 13.6 Å². The Balaban J connectivity index is 1.37. The highest BCUT2D eigenvalue weighted by molar-refractivity contribution is 5.76. The second-order valence-electron chi connectivity index (χ2n) is 9.78. The molecular weight excluding hydrogens is 468 g/mol. The average Bonchev–Trinajstić information content (AvgIpc) is 3.13. The van der Waals surface area contributed by atoms with Crippen LogP contribution < -0.4 is 10.6 Å². The number of halogens is 2. The van der Waals surface area contributed by atoms with Gasteiger partial charge in [-0.1, -0.05) is 0 Å². The number of likely N-dealkylation sites (N-methyl/N-ethyl adjacent to an activating group) is 1. The number of carbonyl (C=O) groups is 1. The summed E-state index contributed by atoms with van der Waals surface area (Å²) < 4.78 is 29.2. The monoisotopic (exact) mass is 505 g/mol. The third-order valence-corrected chi connectivity index (χ3v) is 6.99. The van der Waals surface area contributed by atoms with E-state index < -0.39 is 6.43 Å². The maximum atomic E-state index is 13.6. The number of nitrogens with zero attached hydrogens (tertiary/aromatic N) is 7. The van der Waals surface area contributed by atoms with Gasteiger partial charge in [0.2, 0.25) is 11.9 Å². The first-order valence-electron chi connectivity index (χ1n) is 12.7. The molecule has 2 fully saturated rings. The number of piperidine rings is 1. The van der Waals surface area contributed by atoms with Gasteiger partial charge in [-0.05, 0) is 53.4 Å². The number of likely N-dealkylation sites (tertiary alicyclic amines) is 1. The van der Waals surface area contributed by atoms with Crippen LogP contribution in [0.2, 0.25) is 0 Å². The lowest BCUT2D eigenvalue weighted by molar-refractivity contribution is -0.130. The number of nitrogens with one attached hydrogen (secondary N) is 2. The Morgan fingerprint density at radius 3 is 2.61 bits per heavy atom. The van der Waals surface area contributed by atoms with Gasteiger partial charge in [-0.15, -0.1) is 0 Å². The molecule has 0 radical (unpaired) electrons. The summed E-state index contributed by atoms with van der Waals surface area (Å²) in [6, 6.07) is 0.339. The third-order valence-electron chi connectivity index (χ3n) is 6.99. The van der Waals surface area contributed by atoms with Crippen LogP contribution in [0.1, 0.15) is 49.4 Å². The summed E-state index contributed by atoms with van der Waals surface area (Å²) in [6.07, 6.45) is 3.61. The highest BCUT2D eigenvalue weighted by Crippen LogP contribution is 2.28. The molecule has 1 amide bonds. The topological polar surface area (TPSA) is 94.5 Å². The number of rotatable bonds is 9. The quantitative estimate of drug-likeness (QED) is 0.503. The molecule has 0 unspecified atom stereocenters. The molecular formula is C24H37F2N9O. The van der Waals surface area contributed by atoms with Crippen LogP contribution in [0.15, 0.2) is 12.4 Å². The summed E-state index contributed by atoms with van der Waals surface area (Å²) in [6.45, 7) is 7.25. The molecule has 2 N–H and O–H groups in total. The van der Waals surface area contributed by atoms with Crippen LogP contribution in [0.25, 0.3) is 0 Å². The van der Waals surface area contributed by atoms with Crippen molar-refractivity contribution in [1.82, 2.24) is 34.4 Å². The zero-order valence-corrected chi connectivity index (χ0v) is 21.4. The van der Waals surface area contributed by atoms with E-state index in [0.717, 1.165) is 56.6 Å². The van der Waals surface area contributed by atoms with Crippen molar-refractivity contribution in [2.75, 3.05) is 70.5 Å². The molecule has 2 aromatic heterocycles. The average molecular weight is 506 g/mol. The molecule has 0 bridgehead atoms. The number of carbonyl (C=O) groups excluding carboxylic acids is 1. The zero-order valence-electron chi connectivity index (χ0n) is 21.4. The van der Waals surface area contributed by atoms with Gasteiger partial charge in [-0.25, -0.2) is 13.8 Å². The summed E-state index contributed by atoms with van der Waals surface area (Å²) in [5.41, 5.74) is 1.32. The molecule has 2 saturated heterocycles. The van der Waals surface area contributed by atoms with Gasteiger partial charge in [0.25, 0.3) is 6.43 Å². The second kappa shape index (κ2) is 11.9. The highest BCUT2D eigenvalue weighted by atomic mass is 19.3. The smallest absolute Gasteiger partial charge is 0.268 e. The van der Waals surface area contributed by atoms with E-state index in [1.165, 1.54) is 0 Å². The first-order chi connectivity index (χ1) is 17.3. The largest absolute Gasteiger partial charge is 0.369 e. The molecule has 2 aliphatic rings. The van der Waals surface area contributed by atoms with Crippen molar-refractivity contribution in [2.45, 2.75) is 45.1 Å². The van der Waals surface area contributed by atoms with E-state index >= 15 is 0 Å². The normalized spacial score (nSPS) is 18.6. The van der Waals surface area contributed by atoms with Gasteiger partial charge < -0.3 is 25.3 Å². The molecule has 4 rings (SSSR count). The van der Waals surface area contributed by atoms with Gasteiger partial charge >= 0.3 is 0 Å². The molecule has 0 saturated carbocycles. The van der Waals surface area contributed by atoms with Gasteiger partial charge in [0.15, 0.2) is 0 Å². The lowest BCUT2D eigenvalue weighted by atomic mass is 10.1. The number of hydrogen-bond acceptors (Lipinski definition) is 8. The minimum absolute atomic E-state index is 0.102. The van der Waals surface area contributed by atoms with E-state index in [1.54, 1.807) is 0 Å². The Hall–Kier alpha value is -2.86. The fraction of sp³-hybridized carbons (Fsp3) is 0.667. The number of hydrogen-bond donors (Lipinski definition) is 2. The number of alkyl halides is 2. The first kappa shape index (κ1) is 26.2. The molecule has 2 aliphatic heterocycles. The van der Waals surface area contributed by atoms with Crippen LogP contribution >= 0.6 is 0 Å². The van der Waals surface area contributed by atoms with E-state index in [9.17, 15) is 13.6 Å². The molecule has 2 aromatic rings. The standard InChI is InChI=1S/C24H37F2N9O/c1-17-20(16-35(31-17)18-5-10-32(2)11-6-18)29-24-28-15-19(22(25)26)23(30-24)27-8-4-9-34-14-13-33(3)12-7-21(34)36/h15-16,18,22H,4-14H2,1-3H3,(H2,27,28,29,30). The summed E-state index contributed by atoms with van der Waals surface area (Å²) in [5.74, 6) is 0.473. The number of anilines is 3. The van der Waals surface area contributed by atoms with Gasteiger partial charge in [-0.3, -0.25) is 9.48 Å². The second-order valence-corrected chi connectivity index (χ2v) is 9.78. The Labute approximate surface area is 211 Å². The summed E-state index contributed by atoms with van der Waals surface area (Å²) in [4.78, 5) is 27.0. The fourth-order valence-corrected chi connectivity index (χ4v) is 4.61. The maximum absolute atomic E-state index is 13.6. The van der Waals surface area contributed by atoms with Crippen molar-refractivity contribution in [3.05, 3.63) is 23.7 Å². The number of aryl methyl sites for hydroxylation is 1. The van der Waals surface area contributed by atoms with E-state index in [0.29, 0.717) is 38.5 Å². The van der Waals surface area contributed by atoms with Gasteiger partial charge in [-0.2, -0.15) is 10.1 Å². The lowest BCUT2D eigenvalue weighted by Gasteiger charge is -2.28. The SMILES string of the molecule is Cc1nn(C2CCN(C)CC2)cc1Nc1ncc(C(F)F)c(NCCCN2CCN(C)CCC2=O)n1. The number of aromatic nitrogens is 4. The molecule has 12 heteroatoms. The van der Waals surface area contributed by atoms with Crippen LogP contribution in [0.5, 0.6) is 0 Å². The van der Waals surface area contributed by atoms with Crippen molar-refractivity contribution >= 4 is 23.4 Å². The minimum Gasteiger partial charge on any atom is -0.369 e. The molecule has 0 aliphatic carbocycles. The molecule has 0 spiro atoms. The van der Waals surface area contributed by atoms with Crippen LogP contribution in [0.3, 0.4) is 0 Å². The fourth-order valence-electron chi connectivity index (χ4n) is 4.61. The third kappa shape index (κ3) is 6.67. The highest BCUT2D eigenvalue weighted by Gasteiger charge is 2.22. The van der Waals surface area contributed by atoms with E-state index in [1.807, 2.05) is 29.7 Å². The number of amides is 1. The molecule has 0 atom stereocenters. The van der Waals surface area contributed by atoms with E-state index in [2.05, 4.69) is 42.5 Å². The summed E-state index contributed by atoms with van der Waals surface area (Å²) in [7, 11) is 4.13. The lowest BCUT2D eigenvalue weighted by Crippen LogP contribution is -2.34. The molecule has 36 heavy (non-hydrogen) atoms. The van der Waals surface area contributed by atoms with Crippen LogP contribution in [-0.4, -0.2) is 100 Å². The molecule has 10 nitrogen and oxygen atoms in total. The predicted molar refractivity (Wildman–Crippen MR) is 135 cm³/mol. The van der Waals surface area contributed by atoms with Crippen molar-refractivity contribution in [3.63, 3.8) is 0 Å². The molecule has 4 heterocycles. The van der Waals surface area contributed by atoms with Crippen LogP contribution in [0, 0.1) is 6.92 Å². The van der Waals surface area contributed by atoms with E-state index in [4.69, 9.17) is 0 Å². The predicted octanol–water partition coefficient (Wildman–Crippen LogP) is 2.90. The molecule has 0 aromatic carbocycles. The summed E-state index contributed by atoms with van der Waals surface area (Å²) >= 11 is 0. The van der Waals surface area contributed by atoms with Crippen molar-refractivity contribution in [3.8, 4) is 0 Å². The van der Waals surface area contributed by atoms with Crippen LogP contribution in [-0.2, 0) is 4.79 Å².